The molecule has 0 atom stereocenters. The fourth-order valence-electron chi connectivity index (χ4n) is 3.54. The maximum atomic E-state index is 12.5. The molecule has 0 radical (unpaired) electrons. The second-order valence-corrected chi connectivity index (χ2v) is 8.04. The van der Waals surface area contributed by atoms with Crippen LogP contribution in [0.5, 0.6) is 5.75 Å². The van der Waals surface area contributed by atoms with Crippen molar-refractivity contribution in [3.63, 3.8) is 0 Å². The predicted molar refractivity (Wildman–Crippen MR) is 132 cm³/mol. The van der Waals surface area contributed by atoms with Crippen LogP contribution in [-0.4, -0.2) is 28.0 Å². The number of nitrogens with one attached hydrogen (secondary N) is 2. The average molecular weight is 477 g/mol. The Morgan fingerprint density at radius 2 is 1.82 bits per heavy atom. The van der Waals surface area contributed by atoms with Crippen molar-refractivity contribution in [1.82, 2.24) is 10.3 Å². The number of carbonyl (C=O) groups is 1. The lowest BCUT2D eigenvalue weighted by molar-refractivity contribution is -0.385. The number of benzene rings is 3. The molecule has 0 unspecified atom stereocenters. The fourth-order valence-corrected chi connectivity index (χ4v) is 3.75. The molecule has 2 N–H and O–H groups in total. The van der Waals surface area contributed by atoms with Gasteiger partial charge in [0.05, 0.1) is 12.0 Å². The molecule has 0 fully saturated rings. The van der Waals surface area contributed by atoms with Crippen molar-refractivity contribution in [3.8, 4) is 17.2 Å². The minimum Gasteiger partial charge on any atom is -0.490 e. The molecule has 1 aromatic heterocycles. The molecule has 1 heterocycles. The molecule has 9 nitrogen and oxygen atoms in total. The fraction of sp³-hybridized carbons (Fsp3) is 0.125. The van der Waals surface area contributed by atoms with Crippen LogP contribution >= 0.6 is 12.2 Å². The van der Waals surface area contributed by atoms with Gasteiger partial charge in [-0.05, 0) is 68.5 Å². The molecule has 10 heteroatoms. The second-order valence-electron chi connectivity index (χ2n) is 7.63. The van der Waals surface area contributed by atoms with E-state index < -0.39 is 10.8 Å². The summed E-state index contributed by atoms with van der Waals surface area (Å²) in [5, 5.41) is 16.7. The summed E-state index contributed by atoms with van der Waals surface area (Å²) < 4.78 is 10.8. The van der Waals surface area contributed by atoms with Gasteiger partial charge in [0.15, 0.2) is 16.4 Å². The summed E-state index contributed by atoms with van der Waals surface area (Å²) >= 11 is 5.23. The monoisotopic (exact) mass is 476 g/mol. The molecule has 0 aliphatic heterocycles. The van der Waals surface area contributed by atoms with Crippen molar-refractivity contribution in [2.24, 2.45) is 0 Å². The van der Waals surface area contributed by atoms with Crippen molar-refractivity contribution in [3.05, 3.63) is 81.4 Å². The van der Waals surface area contributed by atoms with Gasteiger partial charge in [0, 0.05) is 22.9 Å². The molecule has 3 aromatic carbocycles. The smallest absolute Gasteiger partial charge is 0.311 e. The molecule has 4 aromatic rings. The summed E-state index contributed by atoms with van der Waals surface area (Å²) in [4.78, 5) is 27.7. The summed E-state index contributed by atoms with van der Waals surface area (Å²) in [6, 6.07) is 15.2. The van der Waals surface area contributed by atoms with Crippen LogP contribution in [0.2, 0.25) is 0 Å². The van der Waals surface area contributed by atoms with Crippen LogP contribution in [0.1, 0.15) is 21.5 Å². The molecule has 4 rings (SSSR count). The topological polar surface area (TPSA) is 120 Å². The van der Waals surface area contributed by atoms with Crippen LogP contribution in [-0.2, 0) is 0 Å². The first-order chi connectivity index (χ1) is 16.2. The summed E-state index contributed by atoms with van der Waals surface area (Å²) in [6.07, 6.45) is 0. The largest absolute Gasteiger partial charge is 0.490 e. The van der Waals surface area contributed by atoms with Gasteiger partial charge >= 0.3 is 5.69 Å². The van der Waals surface area contributed by atoms with Crippen molar-refractivity contribution < 1.29 is 18.9 Å². The number of fused-ring (bicyclic) bond motifs is 1. The lowest BCUT2D eigenvalue weighted by Gasteiger charge is -2.10. The summed E-state index contributed by atoms with van der Waals surface area (Å²) in [7, 11) is 1.32. The number of oxazole rings is 1. The Morgan fingerprint density at radius 1 is 1.09 bits per heavy atom. The van der Waals surface area contributed by atoms with Gasteiger partial charge in [0.1, 0.15) is 5.52 Å². The number of amides is 1. The van der Waals surface area contributed by atoms with E-state index in [1.807, 2.05) is 26.0 Å². The maximum absolute atomic E-state index is 12.5. The Kier molecular flexibility index (Phi) is 6.24. The summed E-state index contributed by atoms with van der Waals surface area (Å²) in [6.45, 7) is 4.03. The Morgan fingerprint density at radius 3 is 2.50 bits per heavy atom. The Bertz CT molecular complexity index is 1430. The van der Waals surface area contributed by atoms with Gasteiger partial charge in [-0.15, -0.1) is 0 Å². The number of aromatic nitrogens is 1. The summed E-state index contributed by atoms with van der Waals surface area (Å²) in [5.41, 5.74) is 4.70. The van der Waals surface area contributed by atoms with Gasteiger partial charge in [-0.3, -0.25) is 20.2 Å². The Labute approximate surface area is 199 Å². The zero-order valence-corrected chi connectivity index (χ0v) is 19.4. The van der Waals surface area contributed by atoms with Crippen molar-refractivity contribution in [1.29, 1.82) is 0 Å². The van der Waals surface area contributed by atoms with E-state index in [2.05, 4.69) is 21.7 Å². The molecule has 0 aliphatic carbocycles. The lowest BCUT2D eigenvalue weighted by Crippen LogP contribution is -2.34. The van der Waals surface area contributed by atoms with Gasteiger partial charge in [0.25, 0.3) is 5.91 Å². The highest BCUT2D eigenvalue weighted by atomic mass is 32.1. The Balaban J connectivity index is 1.49. The van der Waals surface area contributed by atoms with Gasteiger partial charge < -0.3 is 14.5 Å². The van der Waals surface area contributed by atoms with E-state index >= 15 is 0 Å². The van der Waals surface area contributed by atoms with E-state index in [1.165, 1.54) is 19.2 Å². The van der Waals surface area contributed by atoms with E-state index in [-0.39, 0.29) is 22.1 Å². The predicted octanol–water partition coefficient (Wildman–Crippen LogP) is 5.16. The van der Waals surface area contributed by atoms with Crippen LogP contribution in [0.15, 0.2) is 59.0 Å². The van der Waals surface area contributed by atoms with Crippen LogP contribution < -0.4 is 15.4 Å². The number of hydrogen-bond acceptors (Lipinski definition) is 7. The molecular weight excluding hydrogens is 456 g/mol. The van der Waals surface area contributed by atoms with Crippen LogP contribution in [0, 0.1) is 24.0 Å². The number of nitrogens with zero attached hydrogens (tertiary/aromatic N) is 2. The molecular formula is C24H20N4O5S. The number of nitro groups is 1. The summed E-state index contributed by atoms with van der Waals surface area (Å²) in [5.74, 6) is -0.0258. The number of thiocarbonyl (C=S) groups is 1. The van der Waals surface area contributed by atoms with Crippen LogP contribution in [0.3, 0.4) is 0 Å². The number of ether oxygens (including phenoxy) is 1. The highest BCUT2D eigenvalue weighted by molar-refractivity contribution is 7.80. The van der Waals surface area contributed by atoms with Gasteiger partial charge in [-0.2, -0.15) is 0 Å². The number of rotatable bonds is 5. The highest BCUT2D eigenvalue weighted by Crippen LogP contribution is 2.28. The molecule has 0 aliphatic rings. The first-order valence-electron chi connectivity index (χ1n) is 10.2. The molecule has 0 spiro atoms. The third-order valence-corrected chi connectivity index (χ3v) is 5.18. The quantitative estimate of drug-likeness (QED) is 0.230. The molecule has 1 amide bonds. The van der Waals surface area contributed by atoms with Crippen LogP contribution in [0.4, 0.5) is 11.4 Å². The minimum atomic E-state index is -0.619. The zero-order chi connectivity index (χ0) is 24.4. The number of carbonyl (C=O) groups excluding carboxylic acids is 1. The van der Waals surface area contributed by atoms with Gasteiger partial charge in [0.2, 0.25) is 5.89 Å². The third-order valence-electron chi connectivity index (χ3n) is 4.98. The minimum absolute atomic E-state index is 0.0286. The molecule has 0 saturated heterocycles. The normalized spacial score (nSPS) is 10.7. The van der Waals surface area contributed by atoms with E-state index in [1.54, 1.807) is 18.2 Å². The van der Waals surface area contributed by atoms with Crippen molar-refractivity contribution >= 4 is 45.7 Å². The van der Waals surface area contributed by atoms with E-state index in [0.717, 1.165) is 22.8 Å². The second kappa shape index (κ2) is 9.28. The molecule has 0 saturated carbocycles. The highest BCUT2D eigenvalue weighted by Gasteiger charge is 2.19. The number of hydrogen-bond donors (Lipinski definition) is 2. The SMILES string of the molecule is COc1ccc(C(=O)NC(=S)Nc2ccc3oc(-c4cc(C)cc(C)c4)nc3c2)cc1[N+](=O)[O-]. The van der Waals surface area contributed by atoms with E-state index in [0.29, 0.717) is 22.7 Å². The first kappa shape index (κ1) is 22.9. The van der Waals surface area contributed by atoms with E-state index in [9.17, 15) is 14.9 Å². The molecule has 0 bridgehead atoms. The lowest BCUT2D eigenvalue weighted by atomic mass is 10.1. The van der Waals surface area contributed by atoms with Crippen LogP contribution in [0.25, 0.3) is 22.6 Å². The zero-order valence-electron chi connectivity index (χ0n) is 18.5. The average Bonchev–Trinajstić information content (AvgIpc) is 3.21. The third kappa shape index (κ3) is 4.86. The number of methoxy groups -OCH3 is 1. The number of nitro benzene ring substituents is 1. The maximum Gasteiger partial charge on any atom is 0.311 e. The first-order valence-corrected chi connectivity index (χ1v) is 10.6. The number of anilines is 1. The standard InChI is InChI=1S/C24H20N4O5S/c1-13-8-14(2)10-16(9-13)23-26-18-12-17(5-7-20(18)33-23)25-24(34)27-22(29)15-4-6-21(32-3)19(11-15)28(30)31/h4-12H,1-3H3,(H2,25,27,29,34). The molecule has 34 heavy (non-hydrogen) atoms. The van der Waals surface area contributed by atoms with Gasteiger partial charge in [-0.25, -0.2) is 4.98 Å². The van der Waals surface area contributed by atoms with Crippen molar-refractivity contribution in [2.75, 3.05) is 12.4 Å². The van der Waals surface area contributed by atoms with Crippen molar-refractivity contribution in [2.45, 2.75) is 13.8 Å². The van der Waals surface area contributed by atoms with Gasteiger partial charge in [-0.1, -0.05) is 17.2 Å². The Hall–Kier alpha value is -4.31. The molecule has 172 valence electrons. The van der Waals surface area contributed by atoms with E-state index in [4.69, 9.17) is 21.4 Å². The number of aryl methyl sites for hydroxylation is 2.